The number of hydrogen-bond donors (Lipinski definition) is 2. The minimum absolute atomic E-state index is 0. The Morgan fingerprint density at radius 1 is 1.25 bits per heavy atom. The van der Waals surface area contributed by atoms with Crippen LogP contribution in [-0.2, 0) is 14.8 Å². The molecule has 0 bridgehead atoms. The molecule has 2 saturated heterocycles. The van der Waals surface area contributed by atoms with Gasteiger partial charge in [-0.2, -0.15) is 4.31 Å². The number of anilines is 2. The van der Waals surface area contributed by atoms with Crippen LogP contribution in [0.25, 0.3) is 0 Å². The fourth-order valence-corrected chi connectivity index (χ4v) is 5.32. The third-order valence-corrected chi connectivity index (χ3v) is 7.49. The molecule has 0 spiro atoms. The van der Waals surface area contributed by atoms with Gasteiger partial charge in [-0.05, 0) is 44.0 Å². The molecule has 1 aromatic rings. The molecule has 2 aliphatic rings. The summed E-state index contributed by atoms with van der Waals surface area (Å²) in [5, 5.41) is 6.21. The second kappa shape index (κ2) is 9.91. The first-order chi connectivity index (χ1) is 13.0. The number of nitrogens with zero attached hydrogens (tertiary/aromatic N) is 2. The van der Waals surface area contributed by atoms with Crippen LogP contribution in [0.3, 0.4) is 0 Å². The maximum Gasteiger partial charge on any atom is 0.243 e. The Bertz CT molecular complexity index is 771. The van der Waals surface area contributed by atoms with Gasteiger partial charge < -0.3 is 15.5 Å². The van der Waals surface area contributed by atoms with Crippen LogP contribution in [0.15, 0.2) is 23.1 Å². The predicted molar refractivity (Wildman–Crippen MR) is 115 cm³/mol. The van der Waals surface area contributed by atoms with Crippen molar-refractivity contribution in [3.63, 3.8) is 0 Å². The van der Waals surface area contributed by atoms with Gasteiger partial charge in [0.2, 0.25) is 15.9 Å². The van der Waals surface area contributed by atoms with Crippen molar-refractivity contribution in [1.29, 1.82) is 0 Å². The van der Waals surface area contributed by atoms with Gasteiger partial charge in [0.15, 0.2) is 0 Å². The first-order valence-electron chi connectivity index (χ1n) is 9.88. The first kappa shape index (κ1) is 22.9. The highest BCUT2D eigenvalue weighted by Crippen LogP contribution is 2.33. The number of amides is 1. The van der Waals surface area contributed by atoms with E-state index in [2.05, 4.69) is 15.5 Å². The Kier molecular flexibility index (Phi) is 8.12. The Morgan fingerprint density at radius 3 is 2.50 bits per heavy atom. The fourth-order valence-electron chi connectivity index (χ4n) is 3.84. The molecular weight excluding hydrogens is 400 g/mol. The van der Waals surface area contributed by atoms with Gasteiger partial charge in [-0.15, -0.1) is 12.4 Å². The zero-order chi connectivity index (χ0) is 19.4. The molecule has 2 aliphatic heterocycles. The van der Waals surface area contributed by atoms with Gasteiger partial charge in [0.25, 0.3) is 0 Å². The maximum absolute atomic E-state index is 12.9. The molecule has 0 radical (unpaired) electrons. The summed E-state index contributed by atoms with van der Waals surface area (Å²) in [6.45, 7) is 7.86. The zero-order valence-electron chi connectivity index (χ0n) is 16.6. The third-order valence-electron chi connectivity index (χ3n) is 5.45. The van der Waals surface area contributed by atoms with E-state index in [9.17, 15) is 13.2 Å². The Morgan fingerprint density at radius 2 is 1.93 bits per heavy atom. The third kappa shape index (κ3) is 4.79. The number of nitrogens with one attached hydrogen (secondary N) is 2. The standard InChI is InChI=1S/C19H30N4O3S.ClH/c1-3-23(4-2)27(25,26)16-7-8-18(22-11-5-6-12-22)17(13-16)21-19(24)15-9-10-20-14-15;/h7-8,13,15,20H,3-6,9-12,14H2,1-2H3,(H,21,24);1H. The van der Waals surface area contributed by atoms with Crippen molar-refractivity contribution in [1.82, 2.24) is 9.62 Å². The normalized spacial score (nSPS) is 19.7. The van der Waals surface area contributed by atoms with Crippen molar-refractivity contribution in [3.05, 3.63) is 18.2 Å². The van der Waals surface area contributed by atoms with E-state index in [4.69, 9.17) is 0 Å². The highest BCUT2D eigenvalue weighted by atomic mass is 35.5. The van der Waals surface area contributed by atoms with Crippen molar-refractivity contribution in [2.75, 3.05) is 49.5 Å². The SMILES string of the molecule is CCN(CC)S(=O)(=O)c1ccc(N2CCCC2)c(NC(=O)C2CCNC2)c1.Cl. The molecule has 1 atom stereocenters. The van der Waals surface area contributed by atoms with Crippen LogP contribution in [-0.4, -0.2) is 57.9 Å². The van der Waals surface area contributed by atoms with Gasteiger partial charge in [-0.3, -0.25) is 4.79 Å². The first-order valence-corrected chi connectivity index (χ1v) is 11.3. The molecule has 0 aliphatic carbocycles. The molecule has 0 aromatic heterocycles. The van der Waals surface area contributed by atoms with Gasteiger partial charge >= 0.3 is 0 Å². The molecule has 1 unspecified atom stereocenters. The van der Waals surface area contributed by atoms with Crippen molar-refractivity contribution in [2.24, 2.45) is 5.92 Å². The summed E-state index contributed by atoms with van der Waals surface area (Å²) in [6, 6.07) is 5.12. The molecular formula is C19H31ClN4O3S. The van der Waals surface area contributed by atoms with Crippen molar-refractivity contribution in [3.8, 4) is 0 Å². The quantitative estimate of drug-likeness (QED) is 0.693. The highest BCUT2D eigenvalue weighted by Gasteiger charge is 2.27. The predicted octanol–water partition coefficient (Wildman–Crippen LogP) is 2.29. The highest BCUT2D eigenvalue weighted by molar-refractivity contribution is 7.89. The molecule has 28 heavy (non-hydrogen) atoms. The Hall–Kier alpha value is -1.35. The van der Waals surface area contributed by atoms with Crippen LogP contribution in [0.2, 0.25) is 0 Å². The lowest BCUT2D eigenvalue weighted by Gasteiger charge is -2.24. The van der Waals surface area contributed by atoms with Gasteiger partial charge in [0.1, 0.15) is 0 Å². The molecule has 1 aromatic carbocycles. The molecule has 0 saturated carbocycles. The number of halogens is 1. The van der Waals surface area contributed by atoms with Crippen LogP contribution in [0, 0.1) is 5.92 Å². The van der Waals surface area contributed by atoms with E-state index < -0.39 is 10.0 Å². The van der Waals surface area contributed by atoms with Crippen LogP contribution in [0.5, 0.6) is 0 Å². The number of carbonyl (C=O) groups excluding carboxylic acids is 1. The van der Waals surface area contributed by atoms with E-state index in [1.165, 1.54) is 4.31 Å². The summed E-state index contributed by atoms with van der Waals surface area (Å²) in [4.78, 5) is 15.1. The van der Waals surface area contributed by atoms with E-state index in [0.717, 1.165) is 44.6 Å². The summed E-state index contributed by atoms with van der Waals surface area (Å²) in [7, 11) is -3.57. The van der Waals surface area contributed by atoms with Gasteiger partial charge in [-0.25, -0.2) is 8.42 Å². The van der Waals surface area contributed by atoms with E-state index in [-0.39, 0.29) is 29.1 Å². The number of rotatable bonds is 7. The van der Waals surface area contributed by atoms with Gasteiger partial charge in [0.05, 0.1) is 22.2 Å². The van der Waals surface area contributed by atoms with Crippen molar-refractivity contribution >= 4 is 39.7 Å². The van der Waals surface area contributed by atoms with Crippen LogP contribution in [0.1, 0.15) is 33.1 Å². The zero-order valence-corrected chi connectivity index (χ0v) is 18.2. The lowest BCUT2D eigenvalue weighted by molar-refractivity contribution is -0.119. The Balaban J connectivity index is 0.00000280. The molecule has 2 heterocycles. The number of sulfonamides is 1. The average molecular weight is 431 g/mol. The van der Waals surface area contributed by atoms with Crippen molar-refractivity contribution in [2.45, 2.75) is 38.0 Å². The van der Waals surface area contributed by atoms with E-state index in [0.29, 0.717) is 25.3 Å². The minimum atomic E-state index is -3.57. The lowest BCUT2D eigenvalue weighted by Crippen LogP contribution is -2.31. The summed E-state index contributed by atoms with van der Waals surface area (Å²) in [5.74, 6) is -0.114. The maximum atomic E-state index is 12.9. The number of carbonyl (C=O) groups is 1. The summed E-state index contributed by atoms with van der Waals surface area (Å²) in [6.07, 6.45) is 3.03. The second-order valence-electron chi connectivity index (χ2n) is 7.14. The summed E-state index contributed by atoms with van der Waals surface area (Å²) < 4.78 is 27.3. The summed E-state index contributed by atoms with van der Waals surface area (Å²) in [5.41, 5.74) is 1.51. The van der Waals surface area contributed by atoms with Gasteiger partial charge in [-0.1, -0.05) is 13.8 Å². The number of benzene rings is 1. The Labute approximate surface area is 174 Å². The smallest absolute Gasteiger partial charge is 0.243 e. The summed E-state index contributed by atoms with van der Waals surface area (Å²) >= 11 is 0. The monoisotopic (exact) mass is 430 g/mol. The largest absolute Gasteiger partial charge is 0.370 e. The minimum Gasteiger partial charge on any atom is -0.370 e. The van der Waals surface area contributed by atoms with Crippen molar-refractivity contribution < 1.29 is 13.2 Å². The molecule has 7 nitrogen and oxygen atoms in total. The topological polar surface area (TPSA) is 81.8 Å². The molecule has 158 valence electrons. The van der Waals surface area contributed by atoms with E-state index in [1.807, 2.05) is 19.9 Å². The van der Waals surface area contributed by atoms with Crippen LogP contribution >= 0.6 is 12.4 Å². The molecule has 2 fully saturated rings. The van der Waals surface area contributed by atoms with Gasteiger partial charge in [0, 0.05) is 32.7 Å². The fraction of sp³-hybridized carbons (Fsp3) is 0.632. The molecule has 9 heteroatoms. The van der Waals surface area contributed by atoms with E-state index in [1.54, 1.807) is 12.1 Å². The van der Waals surface area contributed by atoms with E-state index >= 15 is 0 Å². The lowest BCUT2D eigenvalue weighted by atomic mass is 10.1. The molecule has 1 amide bonds. The average Bonchev–Trinajstić information content (AvgIpc) is 3.36. The second-order valence-corrected chi connectivity index (χ2v) is 9.08. The van der Waals surface area contributed by atoms with Crippen LogP contribution in [0.4, 0.5) is 11.4 Å². The molecule has 2 N–H and O–H groups in total. The number of hydrogen-bond acceptors (Lipinski definition) is 5. The van der Waals surface area contributed by atoms with Crippen LogP contribution < -0.4 is 15.5 Å². The molecule has 3 rings (SSSR count).